The molecule has 1 amide bonds. The van der Waals surface area contributed by atoms with Crippen LogP contribution < -0.4 is 5.32 Å². The van der Waals surface area contributed by atoms with Crippen molar-refractivity contribution in [3.63, 3.8) is 0 Å². The minimum atomic E-state index is 0.0488. The Morgan fingerprint density at radius 1 is 1.57 bits per heavy atom. The number of ketones is 1. The molecule has 4 nitrogen and oxygen atoms in total. The number of hydrogen-bond donors (Lipinski definition) is 1. The number of nitrogens with one attached hydrogen (secondary N) is 1. The molecule has 1 N–H and O–H groups in total. The number of carbonyl (C=O) groups is 2. The predicted molar refractivity (Wildman–Crippen MR) is 53.6 cm³/mol. The first-order chi connectivity index (χ1) is 6.63. The second-order valence-corrected chi connectivity index (χ2v) is 3.40. The summed E-state index contributed by atoms with van der Waals surface area (Å²) in [6.45, 7) is 2.91. The summed E-state index contributed by atoms with van der Waals surface area (Å²) in [6, 6.07) is 0. The quantitative estimate of drug-likeness (QED) is 0.703. The van der Waals surface area contributed by atoms with Gasteiger partial charge in [0.15, 0.2) is 5.78 Å². The Labute approximate surface area is 84.0 Å². The number of likely N-dealkylation sites (N-methyl/N-ethyl adjacent to an activating group) is 1. The smallest absolute Gasteiger partial charge is 0.241 e. The van der Waals surface area contributed by atoms with Gasteiger partial charge in [-0.1, -0.05) is 0 Å². The number of rotatable bonds is 4. The van der Waals surface area contributed by atoms with Crippen molar-refractivity contribution >= 4 is 11.7 Å². The average molecular weight is 196 g/mol. The molecule has 78 valence electrons. The van der Waals surface area contributed by atoms with Gasteiger partial charge in [-0.3, -0.25) is 9.59 Å². The maximum atomic E-state index is 11.4. The molecular weight excluding hydrogens is 180 g/mol. The van der Waals surface area contributed by atoms with Crippen molar-refractivity contribution in [1.29, 1.82) is 0 Å². The van der Waals surface area contributed by atoms with Gasteiger partial charge in [0.05, 0.1) is 6.54 Å². The summed E-state index contributed by atoms with van der Waals surface area (Å²) in [5.41, 5.74) is 0.882. The third-order valence-corrected chi connectivity index (χ3v) is 2.34. The van der Waals surface area contributed by atoms with Crippen molar-refractivity contribution in [2.45, 2.75) is 19.8 Å². The first kappa shape index (κ1) is 10.8. The Hall–Kier alpha value is -1.32. The highest BCUT2D eigenvalue weighted by molar-refractivity contribution is 5.93. The van der Waals surface area contributed by atoms with E-state index in [1.165, 1.54) is 0 Å². The average Bonchev–Trinajstić information content (AvgIpc) is 2.59. The van der Waals surface area contributed by atoms with Crippen molar-refractivity contribution in [1.82, 2.24) is 10.2 Å². The number of allylic oxidation sites excluding steroid dienone is 2. The SMILES string of the molecule is CCN(C)C(=O)CNC1=CC(=O)CC1. The van der Waals surface area contributed by atoms with E-state index in [1.54, 1.807) is 18.0 Å². The summed E-state index contributed by atoms with van der Waals surface area (Å²) >= 11 is 0. The highest BCUT2D eigenvalue weighted by Crippen LogP contribution is 2.11. The van der Waals surface area contributed by atoms with Crippen molar-refractivity contribution in [2.75, 3.05) is 20.1 Å². The fourth-order valence-electron chi connectivity index (χ4n) is 1.24. The minimum absolute atomic E-state index is 0.0488. The molecule has 1 aliphatic rings. The van der Waals surface area contributed by atoms with E-state index in [1.807, 2.05) is 6.92 Å². The molecule has 0 spiro atoms. The third-order valence-electron chi connectivity index (χ3n) is 2.34. The van der Waals surface area contributed by atoms with E-state index in [0.29, 0.717) is 13.0 Å². The van der Waals surface area contributed by atoms with Crippen LogP contribution in [0.4, 0.5) is 0 Å². The molecule has 0 fully saturated rings. The zero-order valence-corrected chi connectivity index (χ0v) is 8.67. The van der Waals surface area contributed by atoms with E-state index < -0.39 is 0 Å². The maximum absolute atomic E-state index is 11.4. The summed E-state index contributed by atoms with van der Waals surface area (Å²) in [6.07, 6.45) is 2.89. The standard InChI is InChI=1S/C10H16N2O2/c1-3-12(2)10(14)7-11-8-4-5-9(13)6-8/h6,11H,3-5,7H2,1-2H3. The molecule has 0 heterocycles. The fourth-order valence-corrected chi connectivity index (χ4v) is 1.24. The highest BCUT2D eigenvalue weighted by Gasteiger charge is 2.13. The summed E-state index contributed by atoms with van der Waals surface area (Å²) in [5.74, 6) is 0.191. The van der Waals surface area contributed by atoms with Crippen molar-refractivity contribution < 1.29 is 9.59 Å². The minimum Gasteiger partial charge on any atom is -0.379 e. The summed E-state index contributed by atoms with van der Waals surface area (Å²) < 4.78 is 0. The first-order valence-electron chi connectivity index (χ1n) is 4.84. The summed E-state index contributed by atoms with van der Waals surface area (Å²) in [7, 11) is 1.76. The zero-order chi connectivity index (χ0) is 10.6. The molecule has 0 bridgehead atoms. The van der Waals surface area contributed by atoms with Gasteiger partial charge < -0.3 is 10.2 Å². The van der Waals surface area contributed by atoms with Crippen LogP contribution in [0.2, 0.25) is 0 Å². The molecule has 1 aliphatic carbocycles. The molecule has 1 rings (SSSR count). The summed E-state index contributed by atoms with van der Waals surface area (Å²) in [4.78, 5) is 23.9. The lowest BCUT2D eigenvalue weighted by molar-refractivity contribution is -0.128. The second kappa shape index (κ2) is 4.79. The number of hydrogen-bond acceptors (Lipinski definition) is 3. The lowest BCUT2D eigenvalue weighted by atomic mass is 10.3. The largest absolute Gasteiger partial charge is 0.379 e. The fraction of sp³-hybridized carbons (Fsp3) is 0.600. The van der Waals surface area contributed by atoms with Gasteiger partial charge in [0.2, 0.25) is 5.91 Å². The highest BCUT2D eigenvalue weighted by atomic mass is 16.2. The van der Waals surface area contributed by atoms with Crippen LogP contribution in [-0.2, 0) is 9.59 Å². The van der Waals surface area contributed by atoms with Crippen LogP contribution in [0.1, 0.15) is 19.8 Å². The van der Waals surface area contributed by atoms with Gasteiger partial charge in [-0.25, -0.2) is 0 Å². The number of amides is 1. The molecule has 4 heteroatoms. The van der Waals surface area contributed by atoms with Gasteiger partial charge in [0, 0.05) is 31.8 Å². The number of nitrogens with zero attached hydrogens (tertiary/aromatic N) is 1. The lowest BCUT2D eigenvalue weighted by Gasteiger charge is -2.15. The van der Waals surface area contributed by atoms with E-state index in [2.05, 4.69) is 5.32 Å². The molecular formula is C10H16N2O2. The molecule has 0 radical (unpaired) electrons. The van der Waals surface area contributed by atoms with E-state index in [9.17, 15) is 9.59 Å². The lowest BCUT2D eigenvalue weighted by Crippen LogP contribution is -2.34. The van der Waals surface area contributed by atoms with E-state index in [4.69, 9.17) is 0 Å². The molecule has 14 heavy (non-hydrogen) atoms. The van der Waals surface area contributed by atoms with E-state index >= 15 is 0 Å². The normalized spacial score (nSPS) is 15.3. The van der Waals surface area contributed by atoms with Crippen molar-refractivity contribution in [2.24, 2.45) is 0 Å². The van der Waals surface area contributed by atoms with Crippen LogP contribution in [0.25, 0.3) is 0 Å². The van der Waals surface area contributed by atoms with Crippen LogP contribution >= 0.6 is 0 Å². The zero-order valence-electron chi connectivity index (χ0n) is 8.67. The van der Waals surface area contributed by atoms with Gasteiger partial charge in [-0.2, -0.15) is 0 Å². The van der Waals surface area contributed by atoms with Gasteiger partial charge in [0.25, 0.3) is 0 Å². The van der Waals surface area contributed by atoms with Gasteiger partial charge in [-0.05, 0) is 13.3 Å². The Kier molecular flexibility index (Phi) is 3.68. The van der Waals surface area contributed by atoms with Crippen molar-refractivity contribution in [3.05, 3.63) is 11.8 Å². The molecule has 0 aromatic carbocycles. The Morgan fingerprint density at radius 2 is 2.29 bits per heavy atom. The van der Waals surface area contributed by atoms with Crippen molar-refractivity contribution in [3.8, 4) is 0 Å². The molecule has 0 atom stereocenters. The van der Waals surface area contributed by atoms with Gasteiger partial charge in [0.1, 0.15) is 0 Å². The van der Waals surface area contributed by atoms with Gasteiger partial charge in [-0.15, -0.1) is 0 Å². The number of carbonyl (C=O) groups excluding carboxylic acids is 2. The van der Waals surface area contributed by atoms with Crippen LogP contribution in [0.3, 0.4) is 0 Å². The third kappa shape index (κ3) is 2.87. The second-order valence-electron chi connectivity index (χ2n) is 3.40. The molecule has 0 aromatic heterocycles. The Morgan fingerprint density at radius 3 is 2.79 bits per heavy atom. The first-order valence-corrected chi connectivity index (χ1v) is 4.84. The monoisotopic (exact) mass is 196 g/mol. The van der Waals surface area contributed by atoms with Crippen LogP contribution in [-0.4, -0.2) is 36.7 Å². The van der Waals surface area contributed by atoms with Gasteiger partial charge >= 0.3 is 0 Å². The maximum Gasteiger partial charge on any atom is 0.241 e. The molecule has 0 aromatic rings. The van der Waals surface area contributed by atoms with E-state index in [-0.39, 0.29) is 18.2 Å². The van der Waals surface area contributed by atoms with Crippen LogP contribution in [0.15, 0.2) is 11.8 Å². The Balaban J connectivity index is 2.30. The molecule has 0 saturated heterocycles. The van der Waals surface area contributed by atoms with Crippen LogP contribution in [0, 0.1) is 0 Å². The predicted octanol–water partition coefficient (Wildman–Crippen LogP) is 0.301. The molecule has 0 aliphatic heterocycles. The van der Waals surface area contributed by atoms with E-state index in [0.717, 1.165) is 12.1 Å². The van der Waals surface area contributed by atoms with Crippen LogP contribution in [0.5, 0.6) is 0 Å². The summed E-state index contributed by atoms with van der Waals surface area (Å²) in [5, 5.41) is 2.98. The topological polar surface area (TPSA) is 49.4 Å². The molecule has 0 saturated carbocycles. The molecule has 0 unspecified atom stereocenters. The Bertz CT molecular complexity index is 271.